The Balaban J connectivity index is 1.63. The number of amides is 1. The zero-order valence-electron chi connectivity index (χ0n) is 18.7. The summed E-state index contributed by atoms with van der Waals surface area (Å²) < 4.78 is 21.2. The Morgan fingerprint density at radius 1 is 0.879 bits per heavy atom. The lowest BCUT2D eigenvalue weighted by atomic mass is 10.1. The maximum atomic E-state index is 12.5. The first-order chi connectivity index (χ1) is 16.0. The number of methoxy groups -OCH3 is 3. The number of benzene rings is 3. The highest BCUT2D eigenvalue weighted by molar-refractivity contribution is 5.96. The van der Waals surface area contributed by atoms with E-state index in [9.17, 15) is 9.59 Å². The van der Waals surface area contributed by atoms with Crippen molar-refractivity contribution in [3.8, 4) is 23.0 Å². The molecule has 33 heavy (non-hydrogen) atoms. The molecule has 0 radical (unpaired) electrons. The van der Waals surface area contributed by atoms with Crippen LogP contribution in [0.15, 0.2) is 65.8 Å². The van der Waals surface area contributed by atoms with Gasteiger partial charge in [-0.05, 0) is 60.5 Å². The second kappa shape index (κ2) is 10.8. The first-order valence-electron chi connectivity index (χ1n) is 9.98. The van der Waals surface area contributed by atoms with Crippen molar-refractivity contribution >= 4 is 18.1 Å². The fourth-order valence-electron chi connectivity index (χ4n) is 3.03. The minimum Gasteiger partial charge on any atom is -0.493 e. The van der Waals surface area contributed by atoms with E-state index in [4.69, 9.17) is 18.9 Å². The number of hydrazone groups is 1. The molecular weight excluding hydrogens is 424 g/mol. The van der Waals surface area contributed by atoms with Gasteiger partial charge in [0.2, 0.25) is 5.75 Å². The molecular formula is C25H24N2O6. The molecule has 0 fully saturated rings. The van der Waals surface area contributed by atoms with Crippen LogP contribution in [0.1, 0.15) is 31.8 Å². The fourth-order valence-corrected chi connectivity index (χ4v) is 3.03. The molecule has 8 heteroatoms. The van der Waals surface area contributed by atoms with Gasteiger partial charge in [0, 0.05) is 5.56 Å². The predicted octanol–water partition coefficient (Wildman–Crippen LogP) is 4.00. The molecule has 0 atom stereocenters. The molecule has 0 bridgehead atoms. The van der Waals surface area contributed by atoms with E-state index >= 15 is 0 Å². The normalized spacial score (nSPS) is 10.5. The van der Waals surface area contributed by atoms with Gasteiger partial charge in [-0.15, -0.1) is 0 Å². The maximum absolute atomic E-state index is 12.5. The zero-order chi connectivity index (χ0) is 23.8. The lowest BCUT2D eigenvalue weighted by molar-refractivity contribution is 0.0733. The van der Waals surface area contributed by atoms with Crippen LogP contribution < -0.4 is 24.4 Å². The summed E-state index contributed by atoms with van der Waals surface area (Å²) in [6.07, 6.45) is 1.48. The second-order valence-electron chi connectivity index (χ2n) is 6.89. The third-order valence-corrected chi connectivity index (χ3v) is 4.76. The molecule has 170 valence electrons. The molecule has 1 N–H and O–H groups in total. The Labute approximate surface area is 191 Å². The molecule has 0 aliphatic carbocycles. The van der Waals surface area contributed by atoms with Crippen molar-refractivity contribution in [2.45, 2.75) is 6.92 Å². The molecule has 0 heterocycles. The number of esters is 1. The summed E-state index contributed by atoms with van der Waals surface area (Å²) in [7, 11) is 4.43. The molecule has 0 aromatic heterocycles. The zero-order valence-corrected chi connectivity index (χ0v) is 18.7. The van der Waals surface area contributed by atoms with Crippen LogP contribution in [0.2, 0.25) is 0 Å². The monoisotopic (exact) mass is 448 g/mol. The molecule has 0 spiro atoms. The Hall–Kier alpha value is -4.33. The van der Waals surface area contributed by atoms with Gasteiger partial charge < -0.3 is 18.9 Å². The van der Waals surface area contributed by atoms with Gasteiger partial charge >= 0.3 is 5.97 Å². The lowest BCUT2D eigenvalue weighted by Gasteiger charge is -2.13. The van der Waals surface area contributed by atoms with Gasteiger partial charge in [0.25, 0.3) is 5.91 Å². The number of hydrogen-bond acceptors (Lipinski definition) is 7. The lowest BCUT2D eigenvalue weighted by Crippen LogP contribution is -2.18. The van der Waals surface area contributed by atoms with Crippen LogP contribution >= 0.6 is 0 Å². The number of hydrogen-bond donors (Lipinski definition) is 1. The highest BCUT2D eigenvalue weighted by Crippen LogP contribution is 2.38. The topological polar surface area (TPSA) is 95.5 Å². The van der Waals surface area contributed by atoms with Crippen molar-refractivity contribution in [3.63, 3.8) is 0 Å². The maximum Gasteiger partial charge on any atom is 0.343 e. The van der Waals surface area contributed by atoms with Gasteiger partial charge in [-0.25, -0.2) is 10.2 Å². The van der Waals surface area contributed by atoms with Crippen molar-refractivity contribution in [2.75, 3.05) is 21.3 Å². The van der Waals surface area contributed by atoms with Crippen LogP contribution in [-0.4, -0.2) is 39.4 Å². The fraction of sp³-hybridized carbons (Fsp3) is 0.160. The molecule has 3 aromatic rings. The summed E-state index contributed by atoms with van der Waals surface area (Å²) in [5.74, 6) is 0.648. The third kappa shape index (κ3) is 5.68. The molecule has 0 aliphatic heterocycles. The largest absolute Gasteiger partial charge is 0.493 e. The number of nitrogens with zero attached hydrogens (tertiary/aromatic N) is 1. The summed E-state index contributed by atoms with van der Waals surface area (Å²) in [5, 5.41) is 3.98. The van der Waals surface area contributed by atoms with Crippen molar-refractivity contribution < 1.29 is 28.5 Å². The van der Waals surface area contributed by atoms with Gasteiger partial charge in [-0.2, -0.15) is 5.10 Å². The smallest absolute Gasteiger partial charge is 0.343 e. The summed E-state index contributed by atoms with van der Waals surface area (Å²) in [6.45, 7) is 1.85. The van der Waals surface area contributed by atoms with Crippen LogP contribution in [0.3, 0.4) is 0 Å². The standard InChI is InChI=1S/C25H24N2O6/c1-16-7-5-6-8-20(16)25(29)33-19-11-9-17(10-12-19)15-26-27-24(28)18-13-21(30-2)23(32-4)22(14-18)31-3/h5-15H,1-4H3,(H,27,28). The van der Waals surface area contributed by atoms with Crippen LogP contribution in [0.25, 0.3) is 0 Å². The number of carbonyl (C=O) groups is 2. The van der Waals surface area contributed by atoms with Crippen LogP contribution in [0.5, 0.6) is 23.0 Å². The van der Waals surface area contributed by atoms with Gasteiger partial charge in [-0.1, -0.05) is 18.2 Å². The summed E-state index contributed by atoms with van der Waals surface area (Å²) >= 11 is 0. The van der Waals surface area contributed by atoms with Crippen LogP contribution in [0, 0.1) is 6.92 Å². The van der Waals surface area contributed by atoms with E-state index in [1.165, 1.54) is 39.7 Å². The van der Waals surface area contributed by atoms with E-state index in [0.29, 0.717) is 39.7 Å². The van der Waals surface area contributed by atoms with Gasteiger partial charge in [0.05, 0.1) is 33.1 Å². The number of rotatable bonds is 8. The molecule has 0 saturated heterocycles. The highest BCUT2D eigenvalue weighted by atomic mass is 16.5. The SMILES string of the molecule is COc1cc(C(=O)NN=Cc2ccc(OC(=O)c3ccccc3C)cc2)cc(OC)c1OC. The first kappa shape index (κ1) is 23.3. The van der Waals surface area contributed by atoms with E-state index < -0.39 is 11.9 Å². The van der Waals surface area contributed by atoms with E-state index in [1.807, 2.05) is 19.1 Å². The Morgan fingerprint density at radius 3 is 2.09 bits per heavy atom. The summed E-state index contributed by atoms with van der Waals surface area (Å²) in [6, 6.07) is 17.0. The van der Waals surface area contributed by atoms with Crippen molar-refractivity contribution in [3.05, 3.63) is 82.9 Å². The average Bonchev–Trinajstić information content (AvgIpc) is 2.84. The first-order valence-corrected chi connectivity index (χ1v) is 9.98. The number of ether oxygens (including phenoxy) is 4. The van der Waals surface area contributed by atoms with E-state index in [-0.39, 0.29) is 0 Å². The molecule has 3 aromatic carbocycles. The molecule has 0 aliphatic rings. The van der Waals surface area contributed by atoms with Crippen molar-refractivity contribution in [1.82, 2.24) is 5.43 Å². The average molecular weight is 448 g/mol. The van der Waals surface area contributed by atoms with Gasteiger partial charge in [0.15, 0.2) is 11.5 Å². The van der Waals surface area contributed by atoms with Gasteiger partial charge in [-0.3, -0.25) is 4.79 Å². The Morgan fingerprint density at radius 2 is 1.52 bits per heavy atom. The molecule has 3 rings (SSSR count). The molecule has 0 saturated carbocycles. The highest BCUT2D eigenvalue weighted by Gasteiger charge is 2.16. The van der Waals surface area contributed by atoms with Crippen molar-refractivity contribution in [2.24, 2.45) is 5.10 Å². The molecule has 1 amide bonds. The van der Waals surface area contributed by atoms with Crippen LogP contribution in [0.4, 0.5) is 0 Å². The van der Waals surface area contributed by atoms with Crippen molar-refractivity contribution in [1.29, 1.82) is 0 Å². The van der Waals surface area contributed by atoms with Gasteiger partial charge in [0.1, 0.15) is 5.75 Å². The predicted molar refractivity (Wildman–Crippen MR) is 124 cm³/mol. The van der Waals surface area contributed by atoms with E-state index in [0.717, 1.165) is 5.56 Å². The minimum atomic E-state index is -0.450. The quantitative estimate of drug-likeness (QED) is 0.242. The second-order valence-corrected chi connectivity index (χ2v) is 6.89. The van der Waals surface area contributed by atoms with E-state index in [2.05, 4.69) is 10.5 Å². The van der Waals surface area contributed by atoms with Crippen LogP contribution in [-0.2, 0) is 0 Å². The molecule has 0 unspecified atom stereocenters. The number of carbonyl (C=O) groups excluding carboxylic acids is 2. The summed E-state index contributed by atoms with van der Waals surface area (Å²) in [5.41, 5.74) is 4.81. The number of aryl methyl sites for hydroxylation is 1. The Kier molecular flexibility index (Phi) is 7.64. The minimum absolute atomic E-state index is 0.292. The number of nitrogens with one attached hydrogen (secondary N) is 1. The third-order valence-electron chi connectivity index (χ3n) is 4.76. The molecule has 8 nitrogen and oxygen atoms in total. The van der Waals surface area contributed by atoms with E-state index in [1.54, 1.807) is 36.4 Å². The Bertz CT molecular complexity index is 1150. The summed E-state index contributed by atoms with van der Waals surface area (Å²) in [4.78, 5) is 24.8.